The van der Waals surface area contributed by atoms with Crippen LogP contribution in [0.4, 0.5) is 11.5 Å². The van der Waals surface area contributed by atoms with Crippen molar-refractivity contribution >= 4 is 11.5 Å². The minimum atomic E-state index is -0.362. The van der Waals surface area contributed by atoms with E-state index in [2.05, 4.69) is 30.6 Å². The summed E-state index contributed by atoms with van der Waals surface area (Å²) in [6.07, 6.45) is 1.34. The van der Waals surface area contributed by atoms with Gasteiger partial charge in [0.2, 0.25) is 0 Å². The van der Waals surface area contributed by atoms with Crippen molar-refractivity contribution in [2.75, 3.05) is 0 Å². The summed E-state index contributed by atoms with van der Waals surface area (Å²) >= 11 is 0. The lowest BCUT2D eigenvalue weighted by Gasteiger charge is -1.86. The van der Waals surface area contributed by atoms with Crippen LogP contribution in [-0.4, -0.2) is 20.4 Å². The predicted octanol–water partition coefficient (Wildman–Crippen LogP) is 1.02. The first-order valence-electron chi connectivity index (χ1n) is 4.35. The van der Waals surface area contributed by atoms with Gasteiger partial charge in [0, 0.05) is 0 Å². The molecule has 2 heterocycles. The first-order valence-corrected chi connectivity index (χ1v) is 4.35. The van der Waals surface area contributed by atoms with Crippen LogP contribution in [0.1, 0.15) is 11.3 Å². The van der Waals surface area contributed by atoms with Crippen LogP contribution in [0.5, 0.6) is 0 Å². The molecule has 0 atom stereocenters. The lowest BCUT2D eigenvalue weighted by Crippen LogP contribution is -1.96. The zero-order chi connectivity index (χ0) is 11.5. The van der Waals surface area contributed by atoms with Gasteiger partial charge in [0.1, 0.15) is 11.6 Å². The summed E-state index contributed by atoms with van der Waals surface area (Å²) in [6, 6.07) is 1.89. The van der Waals surface area contributed by atoms with Crippen molar-refractivity contribution in [2.45, 2.75) is 6.92 Å². The Kier molecular flexibility index (Phi) is 2.35. The van der Waals surface area contributed by atoms with E-state index in [-0.39, 0.29) is 22.6 Å². The number of nitrogens with zero attached hydrogens (tertiary/aromatic N) is 4. The third-order valence-electron chi connectivity index (χ3n) is 1.92. The lowest BCUT2D eigenvalue weighted by atomic mass is 10.4. The Labute approximate surface area is 89.0 Å². The molecule has 0 radical (unpaired) electrons. The molecule has 8 nitrogen and oxygen atoms in total. The fourth-order valence-corrected chi connectivity index (χ4v) is 1.10. The third-order valence-corrected chi connectivity index (χ3v) is 1.92. The Hall–Kier alpha value is -2.69. The minimum absolute atomic E-state index is 0.179. The molecular formula is C8H7N7O. The molecule has 0 fully saturated rings. The minimum Gasteiger partial charge on any atom is -0.300 e. The number of nitriles is 1. The van der Waals surface area contributed by atoms with Gasteiger partial charge in [-0.05, 0) is 6.92 Å². The van der Waals surface area contributed by atoms with E-state index >= 15 is 0 Å². The van der Waals surface area contributed by atoms with Crippen LogP contribution in [0.3, 0.4) is 0 Å². The molecule has 0 aliphatic carbocycles. The molecule has 0 bridgehead atoms. The Morgan fingerprint density at radius 1 is 1.44 bits per heavy atom. The third kappa shape index (κ3) is 1.61. The monoisotopic (exact) mass is 217 g/mol. The molecule has 0 aromatic carbocycles. The van der Waals surface area contributed by atoms with Crippen LogP contribution in [0.15, 0.2) is 21.2 Å². The first kappa shape index (κ1) is 9.85. The molecule has 80 valence electrons. The Morgan fingerprint density at radius 3 is 2.88 bits per heavy atom. The van der Waals surface area contributed by atoms with E-state index < -0.39 is 0 Å². The van der Waals surface area contributed by atoms with Gasteiger partial charge in [0.05, 0.1) is 11.9 Å². The van der Waals surface area contributed by atoms with Gasteiger partial charge < -0.3 is 5.10 Å². The van der Waals surface area contributed by atoms with Crippen LogP contribution in [-0.2, 0) is 0 Å². The van der Waals surface area contributed by atoms with Crippen molar-refractivity contribution in [3.8, 4) is 6.07 Å². The average molecular weight is 217 g/mol. The fourth-order valence-electron chi connectivity index (χ4n) is 1.10. The topological polar surface area (TPSA) is 126 Å². The highest BCUT2D eigenvalue weighted by Crippen LogP contribution is 2.17. The van der Waals surface area contributed by atoms with Crippen molar-refractivity contribution in [2.24, 2.45) is 10.2 Å². The van der Waals surface area contributed by atoms with Gasteiger partial charge in [-0.15, -0.1) is 10.2 Å². The number of azo groups is 1. The summed E-state index contributed by atoms with van der Waals surface area (Å²) in [5.74, 6) is 0.225. The Balaban J connectivity index is 2.36. The predicted molar refractivity (Wildman–Crippen MR) is 53.6 cm³/mol. The van der Waals surface area contributed by atoms with Crippen molar-refractivity contribution in [1.29, 1.82) is 5.26 Å². The van der Waals surface area contributed by atoms with Gasteiger partial charge in [-0.25, -0.2) is 0 Å². The number of hydrogen-bond donors (Lipinski definition) is 3. The van der Waals surface area contributed by atoms with Crippen LogP contribution in [0.2, 0.25) is 0 Å². The summed E-state index contributed by atoms with van der Waals surface area (Å²) in [5.41, 5.74) is 0.665. The number of nitrogens with one attached hydrogen (secondary N) is 3. The molecule has 2 aromatic heterocycles. The van der Waals surface area contributed by atoms with Crippen molar-refractivity contribution in [1.82, 2.24) is 20.4 Å². The Morgan fingerprint density at radius 2 is 2.25 bits per heavy atom. The average Bonchev–Trinajstić information content (AvgIpc) is 2.84. The van der Waals surface area contributed by atoms with Crippen LogP contribution >= 0.6 is 0 Å². The summed E-state index contributed by atoms with van der Waals surface area (Å²) in [6.45, 7) is 1.68. The number of aromatic amines is 3. The molecular weight excluding hydrogens is 210 g/mol. The highest BCUT2D eigenvalue weighted by molar-refractivity contribution is 5.46. The van der Waals surface area contributed by atoms with E-state index in [9.17, 15) is 4.79 Å². The van der Waals surface area contributed by atoms with E-state index in [1.165, 1.54) is 6.20 Å². The second-order valence-corrected chi connectivity index (χ2v) is 3.00. The molecule has 3 N–H and O–H groups in total. The maximum absolute atomic E-state index is 11.2. The maximum Gasteiger partial charge on any atom is 0.291 e. The van der Waals surface area contributed by atoms with Crippen LogP contribution in [0, 0.1) is 18.3 Å². The number of rotatable bonds is 2. The number of aromatic nitrogens is 4. The van der Waals surface area contributed by atoms with Gasteiger partial charge in [-0.2, -0.15) is 10.4 Å². The quantitative estimate of drug-likeness (QED) is 0.650. The van der Waals surface area contributed by atoms with Crippen LogP contribution < -0.4 is 5.56 Å². The molecule has 0 amide bonds. The smallest absolute Gasteiger partial charge is 0.291 e. The highest BCUT2D eigenvalue weighted by atomic mass is 16.1. The fraction of sp³-hybridized carbons (Fsp3) is 0.125. The van der Waals surface area contributed by atoms with E-state index in [0.717, 1.165) is 0 Å². The van der Waals surface area contributed by atoms with E-state index in [1.807, 2.05) is 6.07 Å². The zero-order valence-corrected chi connectivity index (χ0v) is 8.27. The van der Waals surface area contributed by atoms with Crippen molar-refractivity contribution in [3.05, 3.63) is 27.8 Å². The molecule has 0 spiro atoms. The molecule has 0 aliphatic rings. The summed E-state index contributed by atoms with van der Waals surface area (Å²) in [4.78, 5) is 11.2. The van der Waals surface area contributed by atoms with Crippen molar-refractivity contribution < 1.29 is 0 Å². The molecule has 0 saturated heterocycles. The number of H-pyrrole nitrogens is 3. The first-order chi connectivity index (χ1) is 7.72. The molecule has 0 aliphatic heterocycles. The standard InChI is InChI=1S/C8H7N7O/c1-4-6(8(16)15-11-4)12-14-7-5(2-9)3-10-13-7/h3H,1H3,(H,10,13)(H2,11,15,16). The van der Waals surface area contributed by atoms with Gasteiger partial charge >= 0.3 is 0 Å². The summed E-state index contributed by atoms with van der Waals surface area (Å²) in [7, 11) is 0. The van der Waals surface area contributed by atoms with Gasteiger partial charge in [0.25, 0.3) is 5.56 Å². The molecule has 0 saturated carbocycles. The summed E-state index contributed by atoms with van der Waals surface area (Å²) in [5, 5.41) is 27.3. The van der Waals surface area contributed by atoms with Crippen molar-refractivity contribution in [3.63, 3.8) is 0 Å². The Bertz CT molecular complexity index is 623. The van der Waals surface area contributed by atoms with E-state index in [0.29, 0.717) is 5.69 Å². The number of hydrogen-bond acceptors (Lipinski definition) is 5. The molecule has 0 unspecified atom stereocenters. The van der Waals surface area contributed by atoms with Gasteiger partial charge in [-0.3, -0.25) is 15.0 Å². The van der Waals surface area contributed by atoms with E-state index in [1.54, 1.807) is 6.92 Å². The SMILES string of the molecule is Cc1[nH][nH]c(=O)c1N=Nc1[nH]ncc1C#N. The van der Waals surface area contributed by atoms with E-state index in [4.69, 9.17) is 5.26 Å². The van der Waals surface area contributed by atoms with Gasteiger partial charge in [-0.1, -0.05) is 0 Å². The molecule has 2 aromatic rings. The second-order valence-electron chi connectivity index (χ2n) is 3.00. The zero-order valence-electron chi connectivity index (χ0n) is 8.27. The second kappa shape index (κ2) is 3.82. The highest BCUT2D eigenvalue weighted by Gasteiger charge is 2.06. The maximum atomic E-state index is 11.2. The largest absolute Gasteiger partial charge is 0.300 e. The van der Waals surface area contributed by atoms with Gasteiger partial charge in [0.15, 0.2) is 11.5 Å². The summed E-state index contributed by atoms with van der Waals surface area (Å²) < 4.78 is 0. The van der Waals surface area contributed by atoms with Crippen LogP contribution in [0.25, 0.3) is 0 Å². The normalized spacial score (nSPS) is 10.8. The number of aryl methyl sites for hydroxylation is 1. The lowest BCUT2D eigenvalue weighted by molar-refractivity contribution is 1.02. The molecule has 16 heavy (non-hydrogen) atoms. The molecule has 2 rings (SSSR count). The molecule has 8 heteroatoms.